The van der Waals surface area contributed by atoms with Crippen molar-refractivity contribution in [1.82, 2.24) is 9.97 Å². The van der Waals surface area contributed by atoms with Gasteiger partial charge in [0.1, 0.15) is 5.82 Å². The lowest BCUT2D eigenvalue weighted by atomic mass is 10.1. The summed E-state index contributed by atoms with van der Waals surface area (Å²) >= 11 is 0. The Bertz CT molecular complexity index is 516. The molecule has 0 saturated heterocycles. The summed E-state index contributed by atoms with van der Waals surface area (Å²) in [5.41, 5.74) is 8.99. The van der Waals surface area contributed by atoms with Crippen LogP contribution in [-0.4, -0.2) is 9.97 Å². The Balaban J connectivity index is 1.76. The van der Waals surface area contributed by atoms with Gasteiger partial charge in [0.05, 0.1) is 11.0 Å². The van der Waals surface area contributed by atoms with Crippen LogP contribution in [0.2, 0.25) is 0 Å². The predicted molar refractivity (Wildman–Crippen MR) is 85.7 cm³/mol. The van der Waals surface area contributed by atoms with E-state index in [1.54, 1.807) is 0 Å². The van der Waals surface area contributed by atoms with Gasteiger partial charge < -0.3 is 10.7 Å². The third-order valence-corrected chi connectivity index (χ3v) is 3.85. The second kappa shape index (κ2) is 8.05. The average molecular weight is 273 g/mol. The molecule has 3 N–H and O–H groups in total. The Morgan fingerprint density at radius 1 is 1.05 bits per heavy atom. The molecular formula is C17H27N3. The summed E-state index contributed by atoms with van der Waals surface area (Å²) < 4.78 is 0. The van der Waals surface area contributed by atoms with Crippen LogP contribution in [0.25, 0.3) is 11.0 Å². The van der Waals surface area contributed by atoms with Crippen LogP contribution in [0.3, 0.4) is 0 Å². The molecule has 1 heterocycles. The van der Waals surface area contributed by atoms with Crippen LogP contribution >= 0.6 is 0 Å². The Morgan fingerprint density at radius 2 is 1.80 bits per heavy atom. The third-order valence-electron chi connectivity index (χ3n) is 3.85. The summed E-state index contributed by atoms with van der Waals surface area (Å²) in [7, 11) is 0. The van der Waals surface area contributed by atoms with Gasteiger partial charge in [-0.05, 0) is 24.1 Å². The Hall–Kier alpha value is -1.35. The number of nitrogens with one attached hydrogen (secondary N) is 1. The van der Waals surface area contributed by atoms with Crippen molar-refractivity contribution in [2.75, 3.05) is 0 Å². The summed E-state index contributed by atoms with van der Waals surface area (Å²) in [6.45, 7) is 2.85. The Morgan fingerprint density at radius 3 is 2.55 bits per heavy atom. The largest absolute Gasteiger partial charge is 0.342 e. The van der Waals surface area contributed by atoms with E-state index in [0.29, 0.717) is 6.54 Å². The van der Waals surface area contributed by atoms with Gasteiger partial charge in [-0.3, -0.25) is 0 Å². The number of aromatic amines is 1. The van der Waals surface area contributed by atoms with Crippen LogP contribution < -0.4 is 5.73 Å². The zero-order valence-corrected chi connectivity index (χ0v) is 12.6. The number of rotatable bonds is 9. The van der Waals surface area contributed by atoms with Gasteiger partial charge in [0.25, 0.3) is 0 Å². The topological polar surface area (TPSA) is 54.7 Å². The number of hydrogen-bond donors (Lipinski definition) is 2. The smallest absolute Gasteiger partial charge is 0.107 e. The number of H-pyrrole nitrogens is 1. The van der Waals surface area contributed by atoms with Crippen LogP contribution in [0.15, 0.2) is 18.2 Å². The highest BCUT2D eigenvalue weighted by molar-refractivity contribution is 5.75. The zero-order chi connectivity index (χ0) is 14.2. The second-order valence-electron chi connectivity index (χ2n) is 5.61. The Kier molecular flexibility index (Phi) is 6.06. The van der Waals surface area contributed by atoms with Gasteiger partial charge >= 0.3 is 0 Å². The van der Waals surface area contributed by atoms with E-state index >= 15 is 0 Å². The number of benzene rings is 1. The first-order valence-corrected chi connectivity index (χ1v) is 8.01. The third kappa shape index (κ3) is 4.34. The maximum absolute atomic E-state index is 5.66. The number of nitrogens with two attached hydrogens (primary N) is 1. The molecule has 1 aromatic heterocycles. The lowest BCUT2D eigenvalue weighted by molar-refractivity contribution is 0.585. The molecule has 0 aliphatic rings. The fraction of sp³-hybridized carbons (Fsp3) is 0.588. The first kappa shape index (κ1) is 15.0. The molecule has 0 aliphatic heterocycles. The standard InChI is InChI=1S/C17H27N3/c1-2-3-4-5-6-7-8-9-17-19-15-11-10-14(13-18)12-16(15)20-17/h10-12H,2-9,13,18H2,1H3,(H,19,20). The van der Waals surface area contributed by atoms with Crippen molar-refractivity contribution in [3.05, 3.63) is 29.6 Å². The highest BCUT2D eigenvalue weighted by Gasteiger charge is 2.03. The molecule has 2 aromatic rings. The van der Waals surface area contributed by atoms with Crippen molar-refractivity contribution in [1.29, 1.82) is 0 Å². The van der Waals surface area contributed by atoms with E-state index in [0.717, 1.165) is 28.8 Å². The van der Waals surface area contributed by atoms with Crippen LogP contribution in [-0.2, 0) is 13.0 Å². The number of nitrogens with zero attached hydrogens (tertiary/aromatic N) is 1. The van der Waals surface area contributed by atoms with Crippen LogP contribution in [0.1, 0.15) is 63.3 Å². The van der Waals surface area contributed by atoms with Crippen LogP contribution in [0.5, 0.6) is 0 Å². The maximum Gasteiger partial charge on any atom is 0.107 e. The first-order chi connectivity index (χ1) is 9.83. The fourth-order valence-electron chi connectivity index (χ4n) is 2.60. The molecular weight excluding hydrogens is 246 g/mol. The van der Waals surface area contributed by atoms with Crippen molar-refractivity contribution in [3.8, 4) is 0 Å². The van der Waals surface area contributed by atoms with E-state index in [9.17, 15) is 0 Å². The fourth-order valence-corrected chi connectivity index (χ4v) is 2.60. The highest BCUT2D eigenvalue weighted by Crippen LogP contribution is 2.15. The van der Waals surface area contributed by atoms with Gasteiger partial charge in [0.2, 0.25) is 0 Å². The molecule has 110 valence electrons. The summed E-state index contributed by atoms with van der Waals surface area (Å²) in [5.74, 6) is 1.11. The minimum absolute atomic E-state index is 0.585. The van der Waals surface area contributed by atoms with Gasteiger partial charge in [-0.25, -0.2) is 4.98 Å². The van der Waals surface area contributed by atoms with Crippen molar-refractivity contribution < 1.29 is 0 Å². The highest BCUT2D eigenvalue weighted by atomic mass is 14.9. The molecule has 0 radical (unpaired) electrons. The molecule has 0 amide bonds. The van der Waals surface area contributed by atoms with Gasteiger partial charge in [-0.1, -0.05) is 51.5 Å². The Labute approximate surface area is 122 Å². The second-order valence-corrected chi connectivity index (χ2v) is 5.61. The van der Waals surface area contributed by atoms with Gasteiger partial charge in [-0.15, -0.1) is 0 Å². The molecule has 3 nitrogen and oxygen atoms in total. The molecule has 0 saturated carbocycles. The molecule has 2 rings (SSSR count). The monoisotopic (exact) mass is 273 g/mol. The quantitative estimate of drug-likeness (QED) is 0.669. The lowest BCUT2D eigenvalue weighted by Gasteiger charge is -1.99. The molecule has 3 heteroatoms. The predicted octanol–water partition coefficient (Wildman–Crippen LogP) is 4.31. The zero-order valence-electron chi connectivity index (χ0n) is 12.6. The van der Waals surface area contributed by atoms with Crippen molar-refractivity contribution in [2.45, 2.75) is 64.8 Å². The van der Waals surface area contributed by atoms with E-state index in [1.807, 2.05) is 0 Å². The van der Waals surface area contributed by atoms with Gasteiger partial charge in [0.15, 0.2) is 0 Å². The van der Waals surface area contributed by atoms with E-state index in [2.05, 4.69) is 35.1 Å². The molecule has 0 spiro atoms. The number of aryl methyl sites for hydroxylation is 1. The van der Waals surface area contributed by atoms with Gasteiger partial charge in [0, 0.05) is 13.0 Å². The number of fused-ring (bicyclic) bond motifs is 1. The first-order valence-electron chi connectivity index (χ1n) is 8.01. The van der Waals surface area contributed by atoms with E-state index in [4.69, 9.17) is 5.73 Å². The molecule has 1 aromatic carbocycles. The summed E-state index contributed by atoms with van der Waals surface area (Å²) in [6.07, 6.45) is 10.4. The van der Waals surface area contributed by atoms with E-state index < -0.39 is 0 Å². The molecule has 0 atom stereocenters. The minimum atomic E-state index is 0.585. The minimum Gasteiger partial charge on any atom is -0.342 e. The number of hydrogen-bond acceptors (Lipinski definition) is 2. The maximum atomic E-state index is 5.66. The SMILES string of the molecule is CCCCCCCCCc1nc2ccc(CN)cc2[nH]1. The van der Waals surface area contributed by atoms with Gasteiger partial charge in [-0.2, -0.15) is 0 Å². The molecule has 20 heavy (non-hydrogen) atoms. The van der Waals surface area contributed by atoms with Crippen molar-refractivity contribution in [2.24, 2.45) is 5.73 Å². The van der Waals surface area contributed by atoms with Crippen LogP contribution in [0.4, 0.5) is 0 Å². The normalized spacial score (nSPS) is 11.3. The van der Waals surface area contributed by atoms with Crippen molar-refractivity contribution >= 4 is 11.0 Å². The van der Waals surface area contributed by atoms with Crippen LogP contribution in [0, 0.1) is 0 Å². The summed E-state index contributed by atoms with van der Waals surface area (Å²) in [5, 5.41) is 0. The number of aromatic nitrogens is 2. The number of imidazole rings is 1. The van der Waals surface area contributed by atoms with E-state index in [-0.39, 0.29) is 0 Å². The molecule has 0 fully saturated rings. The molecule has 0 unspecified atom stereocenters. The number of unbranched alkanes of at least 4 members (excludes halogenated alkanes) is 6. The lowest BCUT2D eigenvalue weighted by Crippen LogP contribution is -1.95. The molecule has 0 aliphatic carbocycles. The molecule has 0 bridgehead atoms. The summed E-state index contributed by atoms with van der Waals surface area (Å²) in [6, 6.07) is 6.22. The van der Waals surface area contributed by atoms with E-state index in [1.165, 1.54) is 44.9 Å². The summed E-state index contributed by atoms with van der Waals surface area (Å²) in [4.78, 5) is 8.05. The average Bonchev–Trinajstić information content (AvgIpc) is 2.87. The van der Waals surface area contributed by atoms with Crippen molar-refractivity contribution in [3.63, 3.8) is 0 Å².